The van der Waals surface area contributed by atoms with E-state index in [4.69, 9.17) is 5.11 Å². The van der Waals surface area contributed by atoms with E-state index in [1.807, 2.05) is 0 Å². The van der Waals surface area contributed by atoms with Crippen molar-refractivity contribution in [3.63, 3.8) is 0 Å². The molecule has 0 rings (SSSR count). The summed E-state index contributed by atoms with van der Waals surface area (Å²) in [6, 6.07) is 0. The van der Waals surface area contributed by atoms with Crippen LogP contribution in [0, 0.1) is 0 Å². The summed E-state index contributed by atoms with van der Waals surface area (Å²) >= 11 is 0. The summed E-state index contributed by atoms with van der Waals surface area (Å²) in [5, 5.41) is 7.86. The summed E-state index contributed by atoms with van der Waals surface area (Å²) in [6.07, 6.45) is -0.361. The van der Waals surface area contributed by atoms with E-state index in [9.17, 15) is 9.59 Å². The molecule has 0 unspecified atom stereocenters. The van der Waals surface area contributed by atoms with Crippen LogP contribution in [0.5, 0.6) is 0 Å². The predicted molar refractivity (Wildman–Crippen MR) is 31.3 cm³/mol. The quantitative estimate of drug-likeness (QED) is 0.251. The van der Waals surface area contributed by atoms with Crippen molar-refractivity contribution in [1.29, 1.82) is 0 Å². The molecule has 0 atom stereocenters. The molecule has 9 heavy (non-hydrogen) atoms. The average Bonchev–Trinajstić information content (AvgIpc) is 1.68. The number of ketones is 1. The molecular formula is C4H10N2O3. The molecule has 0 amide bonds. The summed E-state index contributed by atoms with van der Waals surface area (Å²) < 4.78 is 0. The number of carbonyl (C=O) groups excluding carboxylic acids is 1. The first kappa shape index (κ1) is 10.9. The minimum atomic E-state index is -1.06. The zero-order valence-electron chi connectivity index (χ0n) is 5.13. The number of rotatable bonds is 2. The van der Waals surface area contributed by atoms with Crippen LogP contribution in [0.15, 0.2) is 0 Å². The van der Waals surface area contributed by atoms with Crippen LogP contribution in [0.25, 0.3) is 0 Å². The number of carboxylic acids is 1. The number of carbonyl (C=O) groups is 2. The summed E-state index contributed by atoms with van der Waals surface area (Å²) in [6.45, 7) is 1.24. The van der Waals surface area contributed by atoms with Gasteiger partial charge in [0.25, 0.3) is 0 Å². The van der Waals surface area contributed by atoms with Crippen molar-refractivity contribution in [1.82, 2.24) is 0 Å². The highest BCUT2D eigenvalue weighted by atomic mass is 16.4. The summed E-state index contributed by atoms with van der Waals surface area (Å²) in [7, 11) is 0. The van der Waals surface area contributed by atoms with Crippen molar-refractivity contribution in [3.05, 3.63) is 0 Å². The van der Waals surface area contributed by atoms with Gasteiger partial charge >= 0.3 is 5.97 Å². The Morgan fingerprint density at radius 3 is 1.78 bits per heavy atom. The molecule has 5 N–H and O–H groups in total. The smallest absolute Gasteiger partial charge is 0.310 e. The van der Waals surface area contributed by atoms with Gasteiger partial charge in [-0.3, -0.25) is 21.3 Å². The molecule has 0 aliphatic heterocycles. The molecule has 0 aromatic carbocycles. The zero-order valence-corrected chi connectivity index (χ0v) is 5.13. The molecule has 0 aliphatic carbocycles. The molecule has 5 heteroatoms. The normalized spacial score (nSPS) is 7.00. The Morgan fingerprint density at radius 2 is 1.78 bits per heavy atom. The van der Waals surface area contributed by atoms with Crippen LogP contribution < -0.4 is 11.7 Å². The second-order valence-electron chi connectivity index (χ2n) is 1.27. The second-order valence-corrected chi connectivity index (χ2v) is 1.27. The van der Waals surface area contributed by atoms with Gasteiger partial charge in [-0.1, -0.05) is 0 Å². The standard InChI is InChI=1S/C4H6O3.H4N2/c1-3(5)2-4(6)7;1-2/h2H2,1H3,(H,6,7);1-2H2. The Balaban J connectivity index is 0. The van der Waals surface area contributed by atoms with Crippen LogP contribution in [0.1, 0.15) is 13.3 Å². The lowest BCUT2D eigenvalue weighted by Crippen LogP contribution is -2.02. The molecule has 0 saturated carbocycles. The Hall–Kier alpha value is -0.940. The molecule has 54 valence electrons. The highest BCUT2D eigenvalue weighted by Crippen LogP contribution is 1.77. The zero-order chi connectivity index (χ0) is 7.86. The van der Waals surface area contributed by atoms with E-state index >= 15 is 0 Å². The minimum absolute atomic E-state index is 0.312. The first-order chi connectivity index (χ1) is 4.13. The van der Waals surface area contributed by atoms with Crippen molar-refractivity contribution < 1.29 is 14.7 Å². The number of hydrazine groups is 1. The first-order valence-electron chi connectivity index (χ1n) is 2.17. The van der Waals surface area contributed by atoms with Crippen LogP contribution in [-0.2, 0) is 9.59 Å². The molecule has 0 spiro atoms. The van der Waals surface area contributed by atoms with Crippen molar-refractivity contribution in [3.8, 4) is 0 Å². The van der Waals surface area contributed by atoms with E-state index in [0.29, 0.717) is 0 Å². The SMILES string of the molecule is CC(=O)CC(=O)O.NN. The van der Waals surface area contributed by atoms with Crippen LogP contribution >= 0.6 is 0 Å². The van der Waals surface area contributed by atoms with E-state index in [1.54, 1.807) is 0 Å². The Labute approximate surface area is 52.6 Å². The van der Waals surface area contributed by atoms with Crippen molar-refractivity contribution >= 4 is 11.8 Å². The van der Waals surface area contributed by atoms with Crippen molar-refractivity contribution in [2.75, 3.05) is 0 Å². The van der Waals surface area contributed by atoms with Crippen molar-refractivity contribution in [2.24, 2.45) is 11.7 Å². The van der Waals surface area contributed by atoms with Gasteiger partial charge in [0.15, 0.2) is 0 Å². The average molecular weight is 134 g/mol. The third kappa shape index (κ3) is 19.3. The van der Waals surface area contributed by atoms with Gasteiger partial charge in [0.2, 0.25) is 0 Å². The van der Waals surface area contributed by atoms with E-state index in [-0.39, 0.29) is 12.2 Å². The highest BCUT2D eigenvalue weighted by Gasteiger charge is 1.98. The van der Waals surface area contributed by atoms with Gasteiger partial charge in [-0.15, -0.1) is 0 Å². The Bertz CT molecular complexity index is 90.0. The molecule has 0 radical (unpaired) electrons. The predicted octanol–water partition coefficient (Wildman–Crippen LogP) is -1.13. The fourth-order valence-corrected chi connectivity index (χ4v) is 0.213. The van der Waals surface area contributed by atoms with Gasteiger partial charge in [-0.05, 0) is 6.92 Å². The number of hydrogen-bond donors (Lipinski definition) is 3. The third-order valence-corrected chi connectivity index (χ3v) is 0.400. The maximum absolute atomic E-state index is 9.87. The highest BCUT2D eigenvalue weighted by molar-refractivity contribution is 5.93. The van der Waals surface area contributed by atoms with E-state index in [0.717, 1.165) is 0 Å². The summed E-state index contributed by atoms with van der Waals surface area (Å²) in [5.41, 5.74) is 0. The van der Waals surface area contributed by atoms with Crippen LogP contribution in [0.4, 0.5) is 0 Å². The molecule has 0 heterocycles. The van der Waals surface area contributed by atoms with Gasteiger partial charge < -0.3 is 5.11 Å². The summed E-state index contributed by atoms with van der Waals surface area (Å²) in [4.78, 5) is 19.5. The molecular weight excluding hydrogens is 124 g/mol. The maximum atomic E-state index is 9.87. The topological polar surface area (TPSA) is 106 Å². The molecule has 0 aromatic rings. The summed E-state index contributed by atoms with van der Waals surface area (Å²) in [5.74, 6) is 6.63. The van der Waals surface area contributed by atoms with Gasteiger partial charge in [0.05, 0.1) is 0 Å². The largest absolute Gasteiger partial charge is 0.481 e. The van der Waals surface area contributed by atoms with Gasteiger partial charge in [0, 0.05) is 0 Å². The molecule has 5 nitrogen and oxygen atoms in total. The lowest BCUT2D eigenvalue weighted by atomic mass is 10.3. The molecule has 0 aromatic heterocycles. The molecule has 0 bridgehead atoms. The van der Waals surface area contributed by atoms with E-state index in [2.05, 4.69) is 11.7 Å². The lowest BCUT2D eigenvalue weighted by Gasteiger charge is -1.80. The van der Waals surface area contributed by atoms with Crippen LogP contribution in [0.2, 0.25) is 0 Å². The lowest BCUT2D eigenvalue weighted by molar-refractivity contribution is -0.139. The Morgan fingerprint density at radius 1 is 1.44 bits per heavy atom. The molecule has 0 fully saturated rings. The van der Waals surface area contributed by atoms with E-state index < -0.39 is 5.97 Å². The monoisotopic (exact) mass is 134 g/mol. The van der Waals surface area contributed by atoms with E-state index in [1.165, 1.54) is 6.92 Å². The molecule has 0 saturated heterocycles. The van der Waals surface area contributed by atoms with Gasteiger partial charge in [0.1, 0.15) is 12.2 Å². The number of aliphatic carboxylic acids is 1. The number of carboxylic acid groups (broad SMARTS) is 1. The minimum Gasteiger partial charge on any atom is -0.481 e. The second kappa shape index (κ2) is 7.06. The molecule has 0 aliphatic rings. The first-order valence-corrected chi connectivity index (χ1v) is 2.17. The van der Waals surface area contributed by atoms with Gasteiger partial charge in [-0.2, -0.15) is 0 Å². The van der Waals surface area contributed by atoms with Crippen molar-refractivity contribution in [2.45, 2.75) is 13.3 Å². The fraction of sp³-hybridized carbons (Fsp3) is 0.500. The maximum Gasteiger partial charge on any atom is 0.310 e. The fourth-order valence-electron chi connectivity index (χ4n) is 0.213. The van der Waals surface area contributed by atoms with Gasteiger partial charge in [-0.25, -0.2) is 0 Å². The number of nitrogens with two attached hydrogens (primary N) is 2. The third-order valence-electron chi connectivity index (χ3n) is 0.400. The van der Waals surface area contributed by atoms with Crippen LogP contribution in [-0.4, -0.2) is 16.9 Å². The van der Waals surface area contributed by atoms with Crippen LogP contribution in [0.3, 0.4) is 0 Å². The Kier molecular flexibility index (Phi) is 8.58. The number of hydrogen-bond acceptors (Lipinski definition) is 4. The number of Topliss-reactive ketones (excluding diaryl/α,β-unsaturated/α-hetero) is 1.